The minimum atomic E-state index is -0.603. The van der Waals surface area contributed by atoms with Crippen LogP contribution in [0.1, 0.15) is 56.3 Å². The van der Waals surface area contributed by atoms with Gasteiger partial charge in [0, 0.05) is 24.4 Å². The van der Waals surface area contributed by atoms with Crippen molar-refractivity contribution in [3.05, 3.63) is 59.8 Å². The van der Waals surface area contributed by atoms with Crippen molar-refractivity contribution in [3.63, 3.8) is 0 Å². The number of ketones is 1. The molecule has 2 aromatic carbocycles. The molecular formula is C22H29NO2. The number of benzene rings is 2. The van der Waals surface area contributed by atoms with Crippen LogP contribution in [0.2, 0.25) is 0 Å². The van der Waals surface area contributed by atoms with E-state index >= 15 is 0 Å². The van der Waals surface area contributed by atoms with Crippen molar-refractivity contribution in [2.45, 2.75) is 51.6 Å². The molecule has 25 heavy (non-hydrogen) atoms. The Morgan fingerprint density at radius 2 is 1.84 bits per heavy atom. The van der Waals surface area contributed by atoms with Crippen LogP contribution in [0.15, 0.2) is 54.2 Å². The van der Waals surface area contributed by atoms with E-state index in [4.69, 9.17) is 10.5 Å². The third-order valence-electron chi connectivity index (χ3n) is 4.91. The predicted molar refractivity (Wildman–Crippen MR) is 105 cm³/mol. The Labute approximate surface area is 150 Å². The molecule has 3 nitrogen and oxygen atoms in total. The predicted octanol–water partition coefficient (Wildman–Crippen LogP) is 5.24. The zero-order chi connectivity index (χ0) is 18.3. The number of fused-ring (bicyclic) bond motifs is 1. The molecule has 0 spiro atoms. The fraction of sp³-hybridized carbons (Fsp3) is 0.409. The van der Waals surface area contributed by atoms with Crippen molar-refractivity contribution >= 4 is 16.6 Å². The van der Waals surface area contributed by atoms with E-state index in [2.05, 4.69) is 6.92 Å². The molecule has 1 atom stereocenters. The first-order chi connectivity index (χ1) is 12.0. The molecule has 0 amide bonds. The van der Waals surface area contributed by atoms with Gasteiger partial charge >= 0.3 is 0 Å². The Bertz CT molecular complexity index is 745. The van der Waals surface area contributed by atoms with Crippen molar-refractivity contribution in [3.8, 4) is 0 Å². The molecule has 2 N–H and O–H groups in total. The number of allylic oxidation sites excluding steroid dienone is 1. The van der Waals surface area contributed by atoms with Crippen LogP contribution in [0.3, 0.4) is 0 Å². The summed E-state index contributed by atoms with van der Waals surface area (Å²) in [4.78, 5) is 12.8. The first kappa shape index (κ1) is 19.2. The maximum absolute atomic E-state index is 12.8. The highest BCUT2D eigenvalue weighted by Crippen LogP contribution is 2.26. The van der Waals surface area contributed by atoms with E-state index in [1.807, 2.05) is 49.4 Å². The number of hydrogen-bond acceptors (Lipinski definition) is 3. The van der Waals surface area contributed by atoms with Crippen molar-refractivity contribution in [2.75, 3.05) is 7.11 Å². The SMILES string of the molecule is CCCCCCC(C)(OC)C(N)=CC(=O)c1cccc2ccccc12. The van der Waals surface area contributed by atoms with Crippen molar-refractivity contribution < 1.29 is 9.53 Å². The molecule has 0 bridgehead atoms. The summed E-state index contributed by atoms with van der Waals surface area (Å²) in [6.45, 7) is 4.15. The quantitative estimate of drug-likeness (QED) is 0.386. The first-order valence-corrected chi connectivity index (χ1v) is 9.06. The summed E-state index contributed by atoms with van der Waals surface area (Å²) in [5.74, 6) is -0.0777. The van der Waals surface area contributed by atoms with Crippen molar-refractivity contribution in [1.29, 1.82) is 0 Å². The van der Waals surface area contributed by atoms with E-state index in [1.165, 1.54) is 18.9 Å². The maximum atomic E-state index is 12.8. The molecule has 0 radical (unpaired) electrons. The van der Waals surface area contributed by atoms with E-state index in [0.29, 0.717) is 11.3 Å². The highest BCUT2D eigenvalue weighted by atomic mass is 16.5. The fourth-order valence-corrected chi connectivity index (χ4v) is 3.07. The van der Waals surface area contributed by atoms with Crippen LogP contribution in [0.25, 0.3) is 10.8 Å². The number of carbonyl (C=O) groups excluding carboxylic acids is 1. The molecule has 2 rings (SSSR count). The number of hydrogen-bond donors (Lipinski definition) is 1. The lowest BCUT2D eigenvalue weighted by atomic mass is 9.92. The van der Waals surface area contributed by atoms with Gasteiger partial charge in [-0.25, -0.2) is 0 Å². The number of methoxy groups -OCH3 is 1. The van der Waals surface area contributed by atoms with E-state index in [-0.39, 0.29) is 5.78 Å². The molecule has 1 unspecified atom stereocenters. The molecule has 0 aliphatic heterocycles. The van der Waals surface area contributed by atoms with E-state index in [1.54, 1.807) is 7.11 Å². The molecule has 134 valence electrons. The van der Waals surface area contributed by atoms with Crippen LogP contribution >= 0.6 is 0 Å². The lowest BCUT2D eigenvalue weighted by molar-refractivity contribution is 0.0272. The zero-order valence-electron chi connectivity index (χ0n) is 15.5. The summed E-state index contributed by atoms with van der Waals surface area (Å²) in [5, 5.41) is 2.00. The highest BCUT2D eigenvalue weighted by molar-refractivity contribution is 6.13. The topological polar surface area (TPSA) is 52.3 Å². The monoisotopic (exact) mass is 339 g/mol. The highest BCUT2D eigenvalue weighted by Gasteiger charge is 2.27. The number of ether oxygens (including phenoxy) is 1. The molecule has 0 saturated heterocycles. The third kappa shape index (κ3) is 4.70. The fourth-order valence-electron chi connectivity index (χ4n) is 3.07. The molecule has 0 saturated carbocycles. The van der Waals surface area contributed by atoms with Gasteiger partial charge in [0.2, 0.25) is 0 Å². The first-order valence-electron chi connectivity index (χ1n) is 9.06. The molecule has 0 aromatic heterocycles. The van der Waals surface area contributed by atoms with Gasteiger partial charge in [0.15, 0.2) is 5.78 Å². The van der Waals surface area contributed by atoms with E-state index in [0.717, 1.165) is 30.0 Å². The van der Waals surface area contributed by atoms with Gasteiger partial charge in [0.25, 0.3) is 0 Å². The van der Waals surface area contributed by atoms with Crippen LogP contribution in [0.5, 0.6) is 0 Å². The Hall–Kier alpha value is -2.13. The molecule has 0 aliphatic carbocycles. The second-order valence-electron chi connectivity index (χ2n) is 6.74. The molecular weight excluding hydrogens is 310 g/mol. The standard InChI is InChI=1S/C22H29NO2/c1-4-5-6-9-15-22(2,25-3)21(23)16-20(24)19-14-10-12-17-11-7-8-13-18(17)19/h7-8,10-14,16H,4-6,9,15,23H2,1-3H3. The van der Waals surface area contributed by atoms with Crippen LogP contribution in [0, 0.1) is 0 Å². The Balaban J connectivity index is 2.22. The average molecular weight is 339 g/mol. The second-order valence-corrected chi connectivity index (χ2v) is 6.74. The van der Waals surface area contributed by atoms with Gasteiger partial charge in [0.05, 0.1) is 0 Å². The number of rotatable bonds is 9. The van der Waals surface area contributed by atoms with Gasteiger partial charge in [-0.3, -0.25) is 4.79 Å². The summed E-state index contributed by atoms with van der Waals surface area (Å²) in [7, 11) is 1.66. The molecule has 0 heterocycles. The largest absolute Gasteiger partial charge is 0.400 e. The minimum absolute atomic E-state index is 0.0777. The summed E-state index contributed by atoms with van der Waals surface area (Å²) in [6, 6.07) is 13.6. The Morgan fingerprint density at radius 1 is 1.12 bits per heavy atom. The van der Waals surface area contributed by atoms with Crippen LogP contribution in [-0.2, 0) is 4.74 Å². The lowest BCUT2D eigenvalue weighted by Crippen LogP contribution is -2.35. The van der Waals surface area contributed by atoms with E-state index in [9.17, 15) is 4.79 Å². The average Bonchev–Trinajstić information content (AvgIpc) is 2.64. The Kier molecular flexibility index (Phi) is 6.77. The van der Waals surface area contributed by atoms with Gasteiger partial charge in [-0.2, -0.15) is 0 Å². The van der Waals surface area contributed by atoms with Crippen LogP contribution in [0.4, 0.5) is 0 Å². The van der Waals surface area contributed by atoms with Gasteiger partial charge in [-0.1, -0.05) is 75.1 Å². The minimum Gasteiger partial charge on any atom is -0.400 e. The maximum Gasteiger partial charge on any atom is 0.188 e. The third-order valence-corrected chi connectivity index (χ3v) is 4.91. The van der Waals surface area contributed by atoms with Crippen molar-refractivity contribution in [1.82, 2.24) is 0 Å². The normalized spacial score (nSPS) is 14.4. The summed E-state index contributed by atoms with van der Waals surface area (Å²) >= 11 is 0. The smallest absolute Gasteiger partial charge is 0.188 e. The summed E-state index contributed by atoms with van der Waals surface area (Å²) < 4.78 is 5.66. The molecule has 0 aliphatic rings. The lowest BCUT2D eigenvalue weighted by Gasteiger charge is -2.29. The number of carbonyl (C=O) groups is 1. The summed E-state index contributed by atoms with van der Waals surface area (Å²) in [5.41, 5.74) is 6.83. The van der Waals surface area contributed by atoms with Gasteiger partial charge < -0.3 is 10.5 Å². The second kappa shape index (κ2) is 8.82. The van der Waals surface area contributed by atoms with Crippen LogP contribution < -0.4 is 5.73 Å². The number of nitrogens with two attached hydrogens (primary N) is 1. The molecule has 2 aromatic rings. The van der Waals surface area contributed by atoms with Gasteiger partial charge in [-0.15, -0.1) is 0 Å². The van der Waals surface area contributed by atoms with Gasteiger partial charge in [-0.05, 0) is 24.1 Å². The zero-order valence-corrected chi connectivity index (χ0v) is 15.5. The van der Waals surface area contributed by atoms with Gasteiger partial charge in [0.1, 0.15) is 5.60 Å². The number of unbranched alkanes of at least 4 members (excludes halogenated alkanes) is 3. The Morgan fingerprint density at radius 3 is 2.56 bits per heavy atom. The molecule has 3 heteroatoms. The van der Waals surface area contributed by atoms with Crippen molar-refractivity contribution in [2.24, 2.45) is 5.73 Å². The molecule has 0 fully saturated rings. The van der Waals surface area contributed by atoms with E-state index < -0.39 is 5.60 Å². The summed E-state index contributed by atoms with van der Waals surface area (Å²) in [6.07, 6.45) is 6.93. The van der Waals surface area contributed by atoms with Crippen LogP contribution in [-0.4, -0.2) is 18.5 Å².